The van der Waals surface area contributed by atoms with Crippen molar-refractivity contribution in [1.82, 2.24) is 14.5 Å². The fourth-order valence-electron chi connectivity index (χ4n) is 3.33. The van der Waals surface area contributed by atoms with Crippen molar-refractivity contribution in [3.8, 4) is 0 Å². The van der Waals surface area contributed by atoms with Gasteiger partial charge in [0.05, 0.1) is 18.1 Å². The number of rotatable bonds is 5. The minimum absolute atomic E-state index is 0.0548. The molecule has 1 aromatic carbocycles. The summed E-state index contributed by atoms with van der Waals surface area (Å²) in [5.74, 6) is 0.624. The van der Waals surface area contributed by atoms with Crippen LogP contribution in [0.1, 0.15) is 31.0 Å². The first kappa shape index (κ1) is 16.7. The van der Waals surface area contributed by atoms with E-state index in [-0.39, 0.29) is 5.91 Å². The second-order valence-electron chi connectivity index (χ2n) is 6.87. The van der Waals surface area contributed by atoms with E-state index in [1.807, 2.05) is 40.2 Å². The van der Waals surface area contributed by atoms with Crippen LogP contribution in [0.5, 0.6) is 0 Å². The maximum Gasteiger partial charge on any atom is 0.239 e. The first-order chi connectivity index (χ1) is 11.6. The standard InChI is InChI=1S/C19H26N4O/c1-15-6-5-9-23(11-15)19(24)18(20)10-17-13-22(14-21-17)12-16-7-3-2-4-8-16/h2-4,7-8,13-15,18H,5-6,9-12,20H2,1H3/t15?,18-/m0/s1. The van der Waals surface area contributed by atoms with Gasteiger partial charge in [-0.1, -0.05) is 37.3 Å². The third-order valence-corrected chi connectivity index (χ3v) is 4.61. The summed E-state index contributed by atoms with van der Waals surface area (Å²) in [6.45, 7) is 4.63. The molecular formula is C19H26N4O. The van der Waals surface area contributed by atoms with Crippen LogP contribution < -0.4 is 5.73 Å². The highest BCUT2D eigenvalue weighted by Gasteiger charge is 2.25. The van der Waals surface area contributed by atoms with Gasteiger partial charge in [0.15, 0.2) is 0 Å². The molecule has 0 radical (unpaired) electrons. The summed E-state index contributed by atoms with van der Waals surface area (Å²) in [6, 6.07) is 9.74. The molecule has 1 amide bonds. The average molecular weight is 326 g/mol. The van der Waals surface area contributed by atoms with Crippen LogP contribution in [0.4, 0.5) is 0 Å². The van der Waals surface area contributed by atoms with Crippen molar-refractivity contribution in [2.24, 2.45) is 11.7 Å². The number of carbonyl (C=O) groups excluding carboxylic acids is 1. The van der Waals surface area contributed by atoms with E-state index in [1.54, 1.807) is 0 Å². The van der Waals surface area contributed by atoms with Crippen LogP contribution in [0.25, 0.3) is 0 Å². The lowest BCUT2D eigenvalue weighted by Gasteiger charge is -2.32. The molecule has 1 fully saturated rings. The number of likely N-dealkylation sites (tertiary alicyclic amines) is 1. The number of hydrogen-bond acceptors (Lipinski definition) is 3. The van der Waals surface area contributed by atoms with Gasteiger partial charge in [-0.15, -0.1) is 0 Å². The lowest BCUT2D eigenvalue weighted by atomic mass is 9.99. The quantitative estimate of drug-likeness (QED) is 0.915. The minimum atomic E-state index is -0.504. The zero-order chi connectivity index (χ0) is 16.9. The minimum Gasteiger partial charge on any atom is -0.341 e. The highest BCUT2D eigenvalue weighted by atomic mass is 16.2. The lowest BCUT2D eigenvalue weighted by Crippen LogP contribution is -2.48. The zero-order valence-corrected chi connectivity index (χ0v) is 14.3. The smallest absolute Gasteiger partial charge is 0.239 e. The molecular weight excluding hydrogens is 300 g/mol. The van der Waals surface area contributed by atoms with Gasteiger partial charge in [0.2, 0.25) is 5.91 Å². The van der Waals surface area contributed by atoms with Crippen molar-refractivity contribution in [3.05, 3.63) is 54.1 Å². The molecule has 5 heteroatoms. The SMILES string of the molecule is CC1CCCN(C(=O)[C@@H](N)Cc2cn(Cc3ccccc3)cn2)C1. The molecule has 0 bridgehead atoms. The third kappa shape index (κ3) is 4.23. The first-order valence-corrected chi connectivity index (χ1v) is 8.71. The lowest BCUT2D eigenvalue weighted by molar-refractivity contribution is -0.134. The molecule has 1 aliphatic rings. The van der Waals surface area contributed by atoms with Gasteiger partial charge < -0.3 is 15.2 Å². The van der Waals surface area contributed by atoms with Crippen LogP contribution in [0.15, 0.2) is 42.9 Å². The second kappa shape index (κ2) is 7.62. The van der Waals surface area contributed by atoms with Gasteiger partial charge >= 0.3 is 0 Å². The van der Waals surface area contributed by atoms with E-state index >= 15 is 0 Å². The van der Waals surface area contributed by atoms with Crippen molar-refractivity contribution in [3.63, 3.8) is 0 Å². The van der Waals surface area contributed by atoms with E-state index in [4.69, 9.17) is 5.73 Å². The van der Waals surface area contributed by atoms with Gasteiger partial charge in [-0.2, -0.15) is 0 Å². The van der Waals surface area contributed by atoms with E-state index in [1.165, 1.54) is 12.0 Å². The van der Waals surface area contributed by atoms with Crippen LogP contribution >= 0.6 is 0 Å². The number of amides is 1. The largest absolute Gasteiger partial charge is 0.341 e. The van der Waals surface area contributed by atoms with Crippen molar-refractivity contribution in [2.75, 3.05) is 13.1 Å². The normalized spacial score (nSPS) is 19.2. The average Bonchev–Trinajstić information content (AvgIpc) is 3.02. The topological polar surface area (TPSA) is 64.2 Å². The van der Waals surface area contributed by atoms with E-state index in [9.17, 15) is 4.79 Å². The Balaban J connectivity index is 1.56. The number of carbonyl (C=O) groups is 1. The van der Waals surface area contributed by atoms with Crippen LogP contribution in [0.2, 0.25) is 0 Å². The van der Waals surface area contributed by atoms with Gasteiger partial charge in [0.1, 0.15) is 0 Å². The monoisotopic (exact) mass is 326 g/mol. The van der Waals surface area contributed by atoms with Crippen molar-refractivity contribution in [2.45, 2.75) is 38.8 Å². The number of benzene rings is 1. The summed E-state index contributed by atoms with van der Waals surface area (Å²) in [4.78, 5) is 18.8. The molecule has 1 aromatic heterocycles. The Morgan fingerprint density at radius 3 is 2.92 bits per heavy atom. The maximum absolute atomic E-state index is 12.5. The van der Waals surface area contributed by atoms with Gasteiger partial charge in [-0.3, -0.25) is 4.79 Å². The number of hydrogen-bond donors (Lipinski definition) is 1. The Morgan fingerprint density at radius 1 is 1.38 bits per heavy atom. The summed E-state index contributed by atoms with van der Waals surface area (Å²) in [5, 5.41) is 0. The molecule has 0 aliphatic carbocycles. The van der Waals surface area contributed by atoms with E-state index in [0.717, 1.165) is 31.7 Å². The van der Waals surface area contributed by atoms with Gasteiger partial charge in [-0.05, 0) is 24.3 Å². The van der Waals surface area contributed by atoms with E-state index in [0.29, 0.717) is 12.3 Å². The Kier molecular flexibility index (Phi) is 5.30. The molecule has 0 saturated carbocycles. The summed E-state index contributed by atoms with van der Waals surface area (Å²) >= 11 is 0. The van der Waals surface area contributed by atoms with Crippen molar-refractivity contribution in [1.29, 1.82) is 0 Å². The molecule has 2 atom stereocenters. The molecule has 3 rings (SSSR count). The molecule has 1 saturated heterocycles. The van der Waals surface area contributed by atoms with E-state index in [2.05, 4.69) is 24.0 Å². The Bertz CT molecular complexity index is 667. The maximum atomic E-state index is 12.5. The van der Waals surface area contributed by atoms with Crippen LogP contribution in [0, 0.1) is 5.92 Å². The summed E-state index contributed by atoms with van der Waals surface area (Å²) in [7, 11) is 0. The number of piperidine rings is 1. The molecule has 2 heterocycles. The predicted octanol–water partition coefficient (Wildman–Crippen LogP) is 2.06. The summed E-state index contributed by atoms with van der Waals surface area (Å²) in [6.07, 6.45) is 6.56. The summed E-state index contributed by atoms with van der Waals surface area (Å²) in [5.41, 5.74) is 8.25. The van der Waals surface area contributed by atoms with Crippen LogP contribution in [-0.2, 0) is 17.8 Å². The molecule has 128 valence electrons. The molecule has 2 aromatic rings. The number of imidazole rings is 1. The van der Waals surface area contributed by atoms with Gasteiger partial charge in [-0.25, -0.2) is 4.98 Å². The van der Waals surface area contributed by atoms with Crippen molar-refractivity contribution >= 4 is 5.91 Å². The number of nitrogens with zero attached hydrogens (tertiary/aromatic N) is 3. The fourth-order valence-corrected chi connectivity index (χ4v) is 3.33. The molecule has 24 heavy (non-hydrogen) atoms. The Labute approximate surface area is 143 Å². The van der Waals surface area contributed by atoms with Gasteiger partial charge in [0, 0.05) is 32.3 Å². The Morgan fingerprint density at radius 2 is 2.17 bits per heavy atom. The summed E-state index contributed by atoms with van der Waals surface area (Å²) < 4.78 is 2.03. The molecule has 0 spiro atoms. The van der Waals surface area contributed by atoms with E-state index < -0.39 is 6.04 Å². The fraction of sp³-hybridized carbons (Fsp3) is 0.474. The second-order valence-corrected chi connectivity index (χ2v) is 6.87. The molecule has 1 unspecified atom stereocenters. The number of aromatic nitrogens is 2. The third-order valence-electron chi connectivity index (χ3n) is 4.61. The highest BCUT2D eigenvalue weighted by Crippen LogP contribution is 2.16. The zero-order valence-electron chi connectivity index (χ0n) is 14.3. The first-order valence-electron chi connectivity index (χ1n) is 8.71. The highest BCUT2D eigenvalue weighted by molar-refractivity contribution is 5.82. The predicted molar refractivity (Wildman–Crippen MR) is 94.4 cm³/mol. The number of nitrogens with two attached hydrogens (primary N) is 1. The van der Waals surface area contributed by atoms with Gasteiger partial charge in [0.25, 0.3) is 0 Å². The van der Waals surface area contributed by atoms with Crippen LogP contribution in [0.3, 0.4) is 0 Å². The molecule has 2 N–H and O–H groups in total. The molecule has 5 nitrogen and oxygen atoms in total. The Hall–Kier alpha value is -2.14. The van der Waals surface area contributed by atoms with Crippen molar-refractivity contribution < 1.29 is 4.79 Å². The van der Waals surface area contributed by atoms with Crippen LogP contribution in [-0.4, -0.2) is 39.5 Å². The molecule has 1 aliphatic heterocycles.